The molecule has 140 valence electrons. The SMILES string of the molecule is CCCCOC(=O)C1CCC(C(=O)OCCCCCC(C)C)CC1. The molecular weight excluding hydrogens is 304 g/mol. The molecule has 1 aliphatic rings. The van der Waals surface area contributed by atoms with E-state index in [1.54, 1.807) is 0 Å². The highest BCUT2D eigenvalue weighted by Crippen LogP contribution is 2.30. The normalized spacial score (nSPS) is 20.8. The van der Waals surface area contributed by atoms with Crippen LogP contribution in [0.3, 0.4) is 0 Å². The van der Waals surface area contributed by atoms with Gasteiger partial charge in [-0.3, -0.25) is 9.59 Å². The third kappa shape index (κ3) is 8.70. The minimum atomic E-state index is -0.0829. The molecule has 4 nitrogen and oxygen atoms in total. The van der Waals surface area contributed by atoms with Crippen LogP contribution in [0.25, 0.3) is 0 Å². The Hall–Kier alpha value is -1.06. The van der Waals surface area contributed by atoms with Gasteiger partial charge in [-0.05, 0) is 44.4 Å². The van der Waals surface area contributed by atoms with Crippen molar-refractivity contribution in [2.75, 3.05) is 13.2 Å². The van der Waals surface area contributed by atoms with Crippen molar-refractivity contribution in [3.8, 4) is 0 Å². The van der Waals surface area contributed by atoms with Crippen molar-refractivity contribution in [2.24, 2.45) is 17.8 Å². The van der Waals surface area contributed by atoms with E-state index in [0.29, 0.717) is 13.2 Å². The first-order chi connectivity index (χ1) is 11.5. The molecule has 0 aromatic heterocycles. The first-order valence-electron chi connectivity index (χ1n) is 9.87. The lowest BCUT2D eigenvalue weighted by Gasteiger charge is -2.26. The number of hydrogen-bond donors (Lipinski definition) is 0. The highest BCUT2D eigenvalue weighted by Gasteiger charge is 2.31. The molecule has 0 bridgehead atoms. The first-order valence-corrected chi connectivity index (χ1v) is 9.87. The predicted octanol–water partition coefficient (Wildman–Crippen LogP) is 4.90. The maximum atomic E-state index is 12.1. The van der Waals surface area contributed by atoms with Crippen molar-refractivity contribution < 1.29 is 19.1 Å². The fourth-order valence-electron chi connectivity index (χ4n) is 3.12. The standard InChI is InChI=1S/C20H36O4/c1-4-5-14-23-19(21)17-10-12-18(13-11-17)20(22)24-15-8-6-7-9-16(2)3/h16-18H,4-15H2,1-3H3. The summed E-state index contributed by atoms with van der Waals surface area (Å²) >= 11 is 0. The van der Waals surface area contributed by atoms with E-state index in [9.17, 15) is 9.59 Å². The van der Waals surface area contributed by atoms with E-state index in [-0.39, 0.29) is 23.8 Å². The summed E-state index contributed by atoms with van der Waals surface area (Å²) in [5.41, 5.74) is 0. The van der Waals surface area contributed by atoms with Gasteiger partial charge in [0, 0.05) is 0 Å². The number of esters is 2. The van der Waals surface area contributed by atoms with Gasteiger partial charge in [-0.2, -0.15) is 0 Å². The van der Waals surface area contributed by atoms with Crippen LogP contribution in [-0.4, -0.2) is 25.2 Å². The van der Waals surface area contributed by atoms with Gasteiger partial charge in [0.2, 0.25) is 0 Å². The van der Waals surface area contributed by atoms with Crippen LogP contribution >= 0.6 is 0 Å². The van der Waals surface area contributed by atoms with Gasteiger partial charge in [0.05, 0.1) is 25.0 Å². The Labute approximate surface area is 147 Å². The van der Waals surface area contributed by atoms with Crippen LogP contribution in [0.15, 0.2) is 0 Å². The van der Waals surface area contributed by atoms with Crippen molar-refractivity contribution in [1.29, 1.82) is 0 Å². The summed E-state index contributed by atoms with van der Waals surface area (Å²) in [5, 5.41) is 0. The van der Waals surface area contributed by atoms with E-state index in [1.807, 2.05) is 0 Å². The summed E-state index contributed by atoms with van der Waals surface area (Å²) in [6.45, 7) is 7.60. The van der Waals surface area contributed by atoms with Gasteiger partial charge in [0.15, 0.2) is 0 Å². The van der Waals surface area contributed by atoms with Crippen molar-refractivity contribution in [3.05, 3.63) is 0 Å². The third-order valence-corrected chi connectivity index (χ3v) is 4.81. The van der Waals surface area contributed by atoms with Gasteiger partial charge in [-0.1, -0.05) is 46.5 Å². The molecule has 1 fully saturated rings. The number of unbranched alkanes of at least 4 members (excludes halogenated alkanes) is 3. The molecule has 0 heterocycles. The van der Waals surface area contributed by atoms with Gasteiger partial charge in [-0.25, -0.2) is 0 Å². The summed E-state index contributed by atoms with van der Waals surface area (Å²) in [6, 6.07) is 0. The van der Waals surface area contributed by atoms with Gasteiger partial charge in [0.1, 0.15) is 0 Å². The molecule has 0 atom stereocenters. The molecule has 0 spiro atoms. The predicted molar refractivity (Wildman–Crippen MR) is 95.6 cm³/mol. The topological polar surface area (TPSA) is 52.6 Å². The first kappa shape index (κ1) is 21.0. The number of carbonyl (C=O) groups excluding carboxylic acids is 2. The summed E-state index contributed by atoms with van der Waals surface area (Å²) in [7, 11) is 0. The molecule has 0 radical (unpaired) electrons. The van der Waals surface area contributed by atoms with Crippen molar-refractivity contribution >= 4 is 11.9 Å². The monoisotopic (exact) mass is 340 g/mol. The molecule has 0 N–H and O–H groups in total. The Morgan fingerprint density at radius 3 is 1.79 bits per heavy atom. The van der Waals surface area contributed by atoms with Gasteiger partial charge in [-0.15, -0.1) is 0 Å². The zero-order chi connectivity index (χ0) is 17.8. The zero-order valence-electron chi connectivity index (χ0n) is 15.9. The third-order valence-electron chi connectivity index (χ3n) is 4.81. The van der Waals surface area contributed by atoms with Crippen LogP contribution < -0.4 is 0 Å². The average molecular weight is 341 g/mol. The smallest absolute Gasteiger partial charge is 0.308 e. The second-order valence-electron chi connectivity index (χ2n) is 7.48. The largest absolute Gasteiger partial charge is 0.465 e. The fraction of sp³-hybridized carbons (Fsp3) is 0.900. The number of ether oxygens (including phenoxy) is 2. The number of carbonyl (C=O) groups is 2. The molecule has 0 unspecified atom stereocenters. The Kier molecular flexibility index (Phi) is 10.8. The maximum Gasteiger partial charge on any atom is 0.308 e. The van der Waals surface area contributed by atoms with E-state index in [0.717, 1.165) is 57.3 Å². The quantitative estimate of drug-likeness (QED) is 0.397. The molecule has 0 saturated heterocycles. The van der Waals surface area contributed by atoms with Crippen LogP contribution in [0.1, 0.15) is 85.0 Å². The van der Waals surface area contributed by atoms with Crippen LogP contribution in [0.4, 0.5) is 0 Å². The molecule has 1 rings (SSSR count). The molecule has 0 aliphatic heterocycles. The second-order valence-corrected chi connectivity index (χ2v) is 7.48. The van der Waals surface area contributed by atoms with Gasteiger partial charge >= 0.3 is 11.9 Å². The highest BCUT2D eigenvalue weighted by atomic mass is 16.5. The van der Waals surface area contributed by atoms with Crippen molar-refractivity contribution in [1.82, 2.24) is 0 Å². The van der Waals surface area contributed by atoms with Crippen LogP contribution in [-0.2, 0) is 19.1 Å². The maximum absolute atomic E-state index is 12.1. The van der Waals surface area contributed by atoms with Crippen LogP contribution in [0.5, 0.6) is 0 Å². The summed E-state index contributed by atoms with van der Waals surface area (Å²) in [6.07, 6.45) is 9.48. The summed E-state index contributed by atoms with van der Waals surface area (Å²) < 4.78 is 10.7. The Bertz CT molecular complexity index is 357. The minimum Gasteiger partial charge on any atom is -0.465 e. The minimum absolute atomic E-state index is 0.0260. The fourth-order valence-corrected chi connectivity index (χ4v) is 3.12. The van der Waals surface area contributed by atoms with E-state index in [4.69, 9.17) is 9.47 Å². The molecule has 4 heteroatoms. The molecule has 1 saturated carbocycles. The van der Waals surface area contributed by atoms with Gasteiger partial charge in [0.25, 0.3) is 0 Å². The Morgan fingerprint density at radius 2 is 1.33 bits per heavy atom. The number of hydrogen-bond acceptors (Lipinski definition) is 4. The molecule has 0 aromatic rings. The molecule has 1 aliphatic carbocycles. The summed E-state index contributed by atoms with van der Waals surface area (Å²) in [5.74, 6) is 0.538. The van der Waals surface area contributed by atoms with E-state index >= 15 is 0 Å². The van der Waals surface area contributed by atoms with Crippen molar-refractivity contribution in [3.63, 3.8) is 0 Å². The van der Waals surface area contributed by atoms with Crippen molar-refractivity contribution in [2.45, 2.75) is 85.0 Å². The molecule has 0 amide bonds. The van der Waals surface area contributed by atoms with Crippen LogP contribution in [0.2, 0.25) is 0 Å². The average Bonchev–Trinajstić information content (AvgIpc) is 2.57. The highest BCUT2D eigenvalue weighted by molar-refractivity contribution is 5.75. The Balaban J connectivity index is 2.11. The molecule has 24 heavy (non-hydrogen) atoms. The molecule has 0 aromatic carbocycles. The Morgan fingerprint density at radius 1 is 0.833 bits per heavy atom. The van der Waals surface area contributed by atoms with E-state index in [2.05, 4.69) is 20.8 Å². The van der Waals surface area contributed by atoms with E-state index in [1.165, 1.54) is 12.8 Å². The zero-order valence-corrected chi connectivity index (χ0v) is 15.9. The number of rotatable bonds is 11. The lowest BCUT2D eigenvalue weighted by atomic mass is 9.82. The van der Waals surface area contributed by atoms with Gasteiger partial charge < -0.3 is 9.47 Å². The van der Waals surface area contributed by atoms with E-state index < -0.39 is 0 Å². The lowest BCUT2D eigenvalue weighted by molar-refractivity contribution is -0.155. The summed E-state index contributed by atoms with van der Waals surface area (Å²) in [4.78, 5) is 24.0. The molecular formula is C20H36O4. The second kappa shape index (κ2) is 12.3. The van der Waals surface area contributed by atoms with Crippen LogP contribution in [0, 0.1) is 17.8 Å². The lowest BCUT2D eigenvalue weighted by Crippen LogP contribution is -2.28.